The molecule has 0 saturated carbocycles. The minimum Gasteiger partial charge on any atom is -0.463 e. The van der Waals surface area contributed by atoms with Crippen molar-refractivity contribution < 1.29 is 28.7 Å². The van der Waals surface area contributed by atoms with E-state index in [-0.39, 0.29) is 39.9 Å². The minimum atomic E-state index is -2.03. The van der Waals surface area contributed by atoms with E-state index in [1.165, 1.54) is 19.6 Å². The third-order valence-corrected chi connectivity index (χ3v) is 7.96. The highest BCUT2D eigenvalue weighted by molar-refractivity contribution is 6.09. The second kappa shape index (κ2) is 9.79. The van der Waals surface area contributed by atoms with Gasteiger partial charge in [-0.25, -0.2) is 19.2 Å². The summed E-state index contributed by atoms with van der Waals surface area (Å²) < 4.78 is 11.1. The zero-order chi connectivity index (χ0) is 28.1. The molecule has 2 aromatic carbocycles. The van der Waals surface area contributed by atoms with Crippen molar-refractivity contribution in [2.75, 3.05) is 39.9 Å². The topological polar surface area (TPSA) is 106 Å². The first-order valence-electron chi connectivity index (χ1n) is 13.4. The largest absolute Gasteiger partial charge is 0.463 e. The molecular weight excluding hydrogens is 516 g/mol. The van der Waals surface area contributed by atoms with E-state index in [1.807, 2.05) is 70.5 Å². The number of esters is 2. The summed E-state index contributed by atoms with van der Waals surface area (Å²) in [4.78, 5) is 65.7. The quantitative estimate of drug-likeness (QED) is 0.460. The Hall–Kier alpha value is -4.16. The van der Waals surface area contributed by atoms with Crippen molar-refractivity contribution in [2.24, 2.45) is 0 Å². The van der Waals surface area contributed by atoms with Gasteiger partial charge in [0.05, 0.1) is 39.9 Å². The van der Waals surface area contributed by atoms with Crippen LogP contribution in [0.2, 0.25) is 0 Å². The number of urea groups is 2. The van der Waals surface area contributed by atoms with Crippen LogP contribution < -0.4 is 0 Å². The Morgan fingerprint density at radius 3 is 1.25 bits per heavy atom. The smallest absolute Gasteiger partial charge is 0.359 e. The Labute approximate surface area is 232 Å². The predicted molar refractivity (Wildman–Crippen MR) is 140 cm³/mol. The fourth-order valence-electron chi connectivity index (χ4n) is 6.50. The molecule has 4 aliphatic rings. The van der Waals surface area contributed by atoms with E-state index in [4.69, 9.17) is 9.47 Å². The Kier molecular flexibility index (Phi) is 6.38. The summed E-state index contributed by atoms with van der Waals surface area (Å²) in [5, 5.41) is 0. The maximum atomic E-state index is 14.3. The van der Waals surface area contributed by atoms with Gasteiger partial charge in [0.25, 0.3) is 11.3 Å². The van der Waals surface area contributed by atoms with Gasteiger partial charge in [0, 0.05) is 13.1 Å². The van der Waals surface area contributed by atoms with Crippen LogP contribution in [0, 0.1) is 0 Å². The van der Waals surface area contributed by atoms with Gasteiger partial charge in [-0.1, -0.05) is 60.7 Å². The predicted octanol–water partition coefficient (Wildman–Crippen LogP) is 1.84. The molecule has 2 aromatic rings. The molecule has 0 radical (unpaired) electrons. The first-order chi connectivity index (χ1) is 19.4. The summed E-state index contributed by atoms with van der Waals surface area (Å²) in [6.07, 6.45) is 0. The van der Waals surface area contributed by atoms with Crippen molar-refractivity contribution in [1.29, 1.82) is 0 Å². The van der Waals surface area contributed by atoms with Crippen molar-refractivity contribution in [3.63, 3.8) is 0 Å². The maximum Gasteiger partial charge on any atom is 0.359 e. The third kappa shape index (κ3) is 3.45. The van der Waals surface area contributed by atoms with Gasteiger partial charge in [0.2, 0.25) is 0 Å². The fraction of sp³-hybridized carbons (Fsp3) is 0.429. The third-order valence-electron chi connectivity index (χ3n) is 7.96. The van der Waals surface area contributed by atoms with Crippen LogP contribution in [0.15, 0.2) is 60.7 Å². The second-order valence-corrected chi connectivity index (χ2v) is 10.3. The van der Waals surface area contributed by atoms with E-state index in [0.717, 1.165) is 11.1 Å². The Balaban J connectivity index is 1.47. The number of carbonyl (C=O) groups excluding carboxylic acids is 4. The average molecular weight is 549 g/mol. The van der Waals surface area contributed by atoms with E-state index in [1.54, 1.807) is 13.8 Å². The monoisotopic (exact) mass is 548 g/mol. The van der Waals surface area contributed by atoms with Crippen molar-refractivity contribution in [3.05, 3.63) is 71.8 Å². The highest BCUT2D eigenvalue weighted by Gasteiger charge is 2.89. The molecule has 4 fully saturated rings. The van der Waals surface area contributed by atoms with Crippen LogP contribution in [-0.4, -0.2) is 105 Å². The molecule has 0 spiro atoms. The summed E-state index contributed by atoms with van der Waals surface area (Å²) in [6.45, 7) is 4.25. The Bertz CT molecular complexity index is 1190. The summed E-state index contributed by atoms with van der Waals surface area (Å²) in [6, 6.07) is 18.2. The zero-order valence-corrected chi connectivity index (χ0v) is 22.6. The van der Waals surface area contributed by atoms with Crippen LogP contribution in [0.5, 0.6) is 0 Å². The van der Waals surface area contributed by atoms with Crippen LogP contribution in [0.3, 0.4) is 0 Å². The van der Waals surface area contributed by atoms with Crippen molar-refractivity contribution in [1.82, 2.24) is 29.4 Å². The van der Waals surface area contributed by atoms with Crippen LogP contribution in [-0.2, 0) is 32.2 Å². The molecule has 0 aliphatic carbocycles. The molecule has 0 aromatic heterocycles. The van der Waals surface area contributed by atoms with Gasteiger partial charge >= 0.3 is 24.0 Å². The normalized spacial score (nSPS) is 25.9. The summed E-state index contributed by atoms with van der Waals surface area (Å²) in [5.41, 5.74) is -2.10. The van der Waals surface area contributed by atoms with Crippen molar-refractivity contribution >= 4 is 24.0 Å². The van der Waals surface area contributed by atoms with E-state index >= 15 is 0 Å². The highest BCUT2D eigenvalue weighted by atomic mass is 16.6. The summed E-state index contributed by atoms with van der Waals surface area (Å²) in [5.74, 6) is -1.66. The first kappa shape index (κ1) is 26.1. The molecule has 0 unspecified atom stereocenters. The van der Waals surface area contributed by atoms with Crippen LogP contribution in [0.25, 0.3) is 0 Å². The summed E-state index contributed by atoms with van der Waals surface area (Å²) in [7, 11) is 0. The summed E-state index contributed by atoms with van der Waals surface area (Å²) >= 11 is 0. The SMILES string of the molecule is CCOC(=O)C12N3CN(Cc4ccccc4)CN1C(=O)N1CN(Cc4ccccc4)CN(C3=O)C12C(=O)OCC. The standard InChI is InChI=1S/C28H32N6O6/c1-3-39-23(35)27-28(24(36)40-4-2)33-19-30(16-22-13-9-6-10-14-22)20-34(28)26(38)32(27)18-29(17-31(27)25(33)37)15-21-11-7-5-8-12-21/h5-14H,3-4,15-20H2,1-2H3. The molecule has 40 heavy (non-hydrogen) atoms. The number of ether oxygens (including phenoxy) is 2. The maximum absolute atomic E-state index is 14.3. The molecule has 210 valence electrons. The van der Waals surface area contributed by atoms with Gasteiger partial charge in [0.15, 0.2) is 0 Å². The number of nitrogens with zero attached hydrogens (tertiary/aromatic N) is 6. The first-order valence-corrected chi connectivity index (χ1v) is 13.4. The lowest BCUT2D eigenvalue weighted by Gasteiger charge is -2.51. The zero-order valence-electron chi connectivity index (χ0n) is 22.6. The number of benzene rings is 2. The highest BCUT2D eigenvalue weighted by Crippen LogP contribution is 2.56. The molecular formula is C28H32N6O6. The average Bonchev–Trinajstić information content (AvgIpc) is 3.33. The molecule has 12 nitrogen and oxygen atoms in total. The van der Waals surface area contributed by atoms with Gasteiger partial charge in [-0.2, -0.15) is 0 Å². The molecule has 4 heterocycles. The van der Waals surface area contributed by atoms with Crippen LogP contribution in [0.1, 0.15) is 25.0 Å². The Morgan fingerprint density at radius 2 is 0.950 bits per heavy atom. The minimum absolute atomic E-state index is 0.0113. The van der Waals surface area contributed by atoms with Gasteiger partial charge in [0.1, 0.15) is 0 Å². The van der Waals surface area contributed by atoms with Gasteiger partial charge < -0.3 is 9.47 Å². The number of amides is 4. The van der Waals surface area contributed by atoms with E-state index in [0.29, 0.717) is 13.1 Å². The number of hydrogen-bond donors (Lipinski definition) is 0. The lowest BCUT2D eigenvalue weighted by molar-refractivity contribution is -0.208. The number of carbonyl (C=O) groups is 4. The van der Waals surface area contributed by atoms with Gasteiger partial charge in [-0.3, -0.25) is 29.4 Å². The van der Waals surface area contributed by atoms with E-state index < -0.39 is 35.3 Å². The fourth-order valence-corrected chi connectivity index (χ4v) is 6.50. The lowest BCUT2D eigenvalue weighted by Crippen LogP contribution is -2.80. The molecule has 0 atom stereocenters. The molecule has 0 bridgehead atoms. The number of hydrogen-bond acceptors (Lipinski definition) is 8. The van der Waals surface area contributed by atoms with Gasteiger partial charge in [-0.05, 0) is 25.0 Å². The number of rotatable bonds is 8. The molecule has 12 heteroatoms. The van der Waals surface area contributed by atoms with Crippen molar-refractivity contribution in [2.45, 2.75) is 38.3 Å². The molecule has 4 saturated heterocycles. The van der Waals surface area contributed by atoms with Crippen LogP contribution >= 0.6 is 0 Å². The molecule has 4 amide bonds. The molecule has 4 aliphatic heterocycles. The molecule has 0 N–H and O–H groups in total. The van der Waals surface area contributed by atoms with Gasteiger partial charge in [-0.15, -0.1) is 0 Å². The van der Waals surface area contributed by atoms with Crippen molar-refractivity contribution in [3.8, 4) is 0 Å². The lowest BCUT2D eigenvalue weighted by atomic mass is 9.89. The second-order valence-electron chi connectivity index (χ2n) is 10.3. The Morgan fingerprint density at radius 1 is 0.625 bits per heavy atom. The van der Waals surface area contributed by atoms with Crippen LogP contribution in [0.4, 0.5) is 9.59 Å². The molecule has 6 rings (SSSR count). The van der Waals surface area contributed by atoms with E-state index in [2.05, 4.69) is 0 Å². The van der Waals surface area contributed by atoms with E-state index in [9.17, 15) is 19.2 Å².